The Kier molecular flexibility index (Phi) is 13.4. The number of fused-ring (bicyclic) bond motifs is 1. The number of aromatic hydroxyl groups is 1. The Morgan fingerprint density at radius 2 is 1.60 bits per heavy atom. The number of pyridine rings is 1. The number of phenolic OH excluding ortho intramolecular Hbond substituents is 1. The smallest absolute Gasteiger partial charge is 0.248 e. The summed E-state index contributed by atoms with van der Waals surface area (Å²) in [5, 5.41) is 25.0. The molecule has 1 saturated carbocycles. The molecular formula is C46H56N4O6S. The number of nitrogens with one attached hydrogen (secondary N) is 2. The fourth-order valence-electron chi connectivity index (χ4n) is 8.47. The van der Waals surface area contributed by atoms with E-state index in [-0.39, 0.29) is 27.1 Å². The minimum Gasteiger partial charge on any atom is -0.506 e. The van der Waals surface area contributed by atoms with Crippen LogP contribution in [0.3, 0.4) is 0 Å². The highest BCUT2D eigenvalue weighted by atomic mass is 32.2. The number of hydrogen-bond acceptors (Lipinski definition) is 9. The van der Waals surface area contributed by atoms with Crippen LogP contribution in [0.15, 0.2) is 112 Å². The summed E-state index contributed by atoms with van der Waals surface area (Å²) < 4.78 is 33.3. The maximum absolute atomic E-state index is 13.6. The Morgan fingerprint density at radius 3 is 2.39 bits per heavy atom. The molecule has 1 saturated heterocycles. The van der Waals surface area contributed by atoms with Crippen LogP contribution >= 0.6 is 0 Å². The van der Waals surface area contributed by atoms with Crippen molar-refractivity contribution in [1.29, 1.82) is 0 Å². The van der Waals surface area contributed by atoms with Gasteiger partial charge in [-0.05, 0) is 104 Å². The predicted octanol–water partition coefficient (Wildman–Crippen LogP) is 7.30. The zero-order chi connectivity index (χ0) is 39.8. The van der Waals surface area contributed by atoms with Crippen molar-refractivity contribution in [3.63, 3.8) is 0 Å². The number of aliphatic hydroxyl groups is 1. The molecule has 7 rings (SSSR count). The molecule has 2 fully saturated rings. The molecule has 1 aliphatic carbocycles. The quantitative estimate of drug-likeness (QED) is 0.0760. The van der Waals surface area contributed by atoms with Crippen LogP contribution in [0.1, 0.15) is 86.3 Å². The minimum atomic E-state index is -3.70. The number of aryl methyl sites for hydroxylation is 1. The first-order valence-electron chi connectivity index (χ1n) is 20.5. The van der Waals surface area contributed by atoms with Gasteiger partial charge in [0, 0.05) is 62.8 Å². The Morgan fingerprint density at radius 1 is 0.842 bits per heavy atom. The fraction of sp³-hybridized carbons (Fsp3) is 0.413. The number of phenols is 1. The van der Waals surface area contributed by atoms with Gasteiger partial charge in [-0.3, -0.25) is 14.6 Å². The lowest BCUT2D eigenvalue weighted by atomic mass is 9.93. The van der Waals surface area contributed by atoms with Crippen molar-refractivity contribution in [1.82, 2.24) is 20.1 Å². The first-order chi connectivity index (χ1) is 27.7. The highest BCUT2D eigenvalue weighted by molar-refractivity contribution is 7.91. The second-order valence-corrected chi connectivity index (χ2v) is 17.6. The first kappa shape index (κ1) is 40.7. The molecule has 57 heavy (non-hydrogen) atoms. The number of ether oxygens (including phenoxy) is 1. The number of H-pyrrole nitrogens is 1. The largest absolute Gasteiger partial charge is 0.506 e. The number of benzene rings is 4. The van der Waals surface area contributed by atoms with Crippen LogP contribution in [0, 0.1) is 0 Å². The molecular weight excluding hydrogens is 737 g/mol. The van der Waals surface area contributed by atoms with Gasteiger partial charge in [-0.2, -0.15) is 0 Å². The van der Waals surface area contributed by atoms with Crippen molar-refractivity contribution in [3.05, 3.63) is 130 Å². The number of hydrogen-bond donors (Lipinski definition) is 4. The van der Waals surface area contributed by atoms with Gasteiger partial charge >= 0.3 is 0 Å². The number of unbranched alkanes of at least 4 members (excludes halogenated alkanes) is 1. The van der Waals surface area contributed by atoms with Crippen LogP contribution in [0.4, 0.5) is 0 Å². The van der Waals surface area contributed by atoms with Crippen molar-refractivity contribution in [2.24, 2.45) is 0 Å². The lowest BCUT2D eigenvalue weighted by Gasteiger charge is -2.42. The summed E-state index contributed by atoms with van der Waals surface area (Å²) in [5.74, 6) is 0.503. The van der Waals surface area contributed by atoms with Crippen LogP contribution in [0.25, 0.3) is 10.9 Å². The molecule has 2 atom stereocenters. The normalized spacial score (nSPS) is 17.1. The topological polar surface area (TPSA) is 135 Å². The second-order valence-electron chi connectivity index (χ2n) is 15.6. The lowest BCUT2D eigenvalue weighted by molar-refractivity contribution is 0.0602. The van der Waals surface area contributed by atoms with E-state index < -0.39 is 15.9 Å². The molecule has 1 aliphatic heterocycles. The van der Waals surface area contributed by atoms with E-state index in [4.69, 9.17) is 4.74 Å². The van der Waals surface area contributed by atoms with Crippen molar-refractivity contribution >= 4 is 20.7 Å². The van der Waals surface area contributed by atoms with E-state index in [2.05, 4.69) is 39.2 Å². The zero-order valence-corrected chi connectivity index (χ0v) is 33.7. The van der Waals surface area contributed by atoms with Crippen LogP contribution in [0.2, 0.25) is 0 Å². The van der Waals surface area contributed by atoms with Crippen LogP contribution in [-0.2, 0) is 22.8 Å². The highest BCUT2D eigenvalue weighted by Crippen LogP contribution is 2.31. The molecule has 4 aromatic carbocycles. The third-order valence-electron chi connectivity index (χ3n) is 11.8. The summed E-state index contributed by atoms with van der Waals surface area (Å²) in [6, 6.07) is 29.7. The summed E-state index contributed by atoms with van der Waals surface area (Å²) in [5.41, 5.74) is 4.06. The molecule has 2 aliphatic rings. The van der Waals surface area contributed by atoms with Gasteiger partial charge in [0.25, 0.3) is 0 Å². The van der Waals surface area contributed by atoms with E-state index in [0.29, 0.717) is 41.9 Å². The minimum absolute atomic E-state index is 0.0366. The summed E-state index contributed by atoms with van der Waals surface area (Å²) in [4.78, 5) is 20.1. The summed E-state index contributed by atoms with van der Waals surface area (Å²) in [7, 11) is -3.70. The van der Waals surface area contributed by atoms with E-state index in [1.807, 2.05) is 24.3 Å². The molecule has 0 bridgehead atoms. The van der Waals surface area contributed by atoms with Crippen molar-refractivity contribution in [2.75, 3.05) is 39.3 Å². The zero-order valence-electron chi connectivity index (χ0n) is 32.9. The van der Waals surface area contributed by atoms with E-state index in [0.717, 1.165) is 62.6 Å². The molecule has 0 spiro atoms. The average molecular weight is 793 g/mol. The number of aromatic amines is 1. The van der Waals surface area contributed by atoms with E-state index >= 15 is 0 Å². The van der Waals surface area contributed by atoms with Crippen LogP contribution in [-0.4, -0.2) is 78.8 Å². The van der Waals surface area contributed by atoms with Crippen LogP contribution < -0.4 is 15.6 Å². The number of nitrogens with zero attached hydrogens (tertiary/aromatic N) is 2. The Bertz CT molecular complexity index is 2260. The molecule has 0 unspecified atom stereocenters. The maximum atomic E-state index is 13.6. The standard InChI is InChI=1S/C46H56N4O6S/c1-33(49-24-26-50(27-25-49)37-12-3-2-4-13-37)36-16-18-39(19-17-36)57(54,55)40-15-8-14-38(30-40)56-28-6-5-9-34-10-7-11-35(29-34)31-47-32-44(52)41-20-22-43(51)46-42(41)21-23-45(53)48-46/h7-8,10-11,14-23,29-30,33,37,44,47,51-52H,2-6,9,12-13,24-28,31-32H2,1H3,(H,48,53)/t33-,44-/m0/s1. The molecule has 302 valence electrons. The van der Waals surface area contributed by atoms with E-state index in [1.165, 1.54) is 49.8 Å². The number of aromatic nitrogens is 1. The van der Waals surface area contributed by atoms with Crippen molar-refractivity contribution in [3.8, 4) is 11.5 Å². The number of aliphatic hydroxyl groups excluding tert-OH is 1. The fourth-order valence-corrected chi connectivity index (χ4v) is 9.76. The average Bonchev–Trinajstić information content (AvgIpc) is 3.24. The summed E-state index contributed by atoms with van der Waals surface area (Å²) >= 11 is 0. The Hall–Kier alpha value is -4.52. The van der Waals surface area contributed by atoms with Gasteiger partial charge in [0.2, 0.25) is 15.4 Å². The van der Waals surface area contributed by atoms with Crippen molar-refractivity contribution < 1.29 is 23.4 Å². The van der Waals surface area contributed by atoms with Gasteiger partial charge in [0.05, 0.1) is 28.0 Å². The first-order valence-corrected chi connectivity index (χ1v) is 22.0. The molecule has 2 heterocycles. The number of piperazine rings is 1. The third-order valence-corrected chi connectivity index (χ3v) is 13.6. The molecule has 4 N–H and O–H groups in total. The van der Waals surface area contributed by atoms with Gasteiger partial charge in [-0.15, -0.1) is 0 Å². The third kappa shape index (κ3) is 10.1. The van der Waals surface area contributed by atoms with E-state index in [1.54, 1.807) is 48.5 Å². The molecule has 0 radical (unpaired) electrons. The Labute approximate surface area is 336 Å². The van der Waals surface area contributed by atoms with Crippen molar-refractivity contribution in [2.45, 2.75) is 92.8 Å². The molecule has 10 nitrogen and oxygen atoms in total. The molecule has 1 aromatic heterocycles. The van der Waals surface area contributed by atoms with Crippen LogP contribution in [0.5, 0.6) is 11.5 Å². The summed E-state index contributed by atoms with van der Waals surface area (Å²) in [6.45, 7) is 7.86. The highest BCUT2D eigenvalue weighted by Gasteiger charge is 2.28. The molecule has 0 amide bonds. The number of rotatable bonds is 16. The van der Waals surface area contributed by atoms with E-state index in [9.17, 15) is 23.4 Å². The maximum Gasteiger partial charge on any atom is 0.248 e. The van der Waals surface area contributed by atoms with Gasteiger partial charge < -0.3 is 25.3 Å². The lowest BCUT2D eigenvalue weighted by Crippen LogP contribution is -2.51. The van der Waals surface area contributed by atoms with Gasteiger partial charge in [0.1, 0.15) is 11.5 Å². The molecule has 5 aromatic rings. The number of sulfone groups is 1. The predicted molar refractivity (Wildman–Crippen MR) is 225 cm³/mol. The second kappa shape index (κ2) is 18.8. The SMILES string of the molecule is C[C@@H](c1ccc(S(=O)(=O)c2cccc(OCCCCc3cccc(CNC[C@H](O)c4ccc(O)c5[nH]c(=O)ccc45)c3)c2)cc1)N1CCN(C2CCCCC2)CC1. The molecule has 11 heteroatoms. The van der Waals surface area contributed by atoms with Gasteiger partial charge in [0.15, 0.2) is 0 Å². The summed E-state index contributed by atoms with van der Waals surface area (Å²) in [6.07, 6.45) is 8.53. The van der Waals surface area contributed by atoms with Gasteiger partial charge in [-0.25, -0.2) is 8.42 Å². The Balaban J connectivity index is 0.845. The van der Waals surface area contributed by atoms with Gasteiger partial charge in [-0.1, -0.05) is 67.8 Å². The monoisotopic (exact) mass is 792 g/mol.